The molecule has 0 saturated heterocycles. The van der Waals surface area contributed by atoms with Gasteiger partial charge in [-0.3, -0.25) is 9.35 Å². The summed E-state index contributed by atoms with van der Waals surface area (Å²) in [7, 11) is -4.20. The zero-order chi connectivity index (χ0) is 26.5. The van der Waals surface area contributed by atoms with Gasteiger partial charge in [-0.2, -0.15) is 8.42 Å². The largest absolute Gasteiger partial charge is 0.445 e. The van der Waals surface area contributed by atoms with Crippen molar-refractivity contribution in [3.8, 4) is 0 Å². The van der Waals surface area contributed by atoms with Crippen LogP contribution < -0.4 is 10.6 Å². The summed E-state index contributed by atoms with van der Waals surface area (Å²) in [6.45, 7) is 0.0560. The van der Waals surface area contributed by atoms with Crippen molar-refractivity contribution in [2.24, 2.45) is 0 Å². The number of alkyl carbamates (subject to hydrolysis) is 1. The normalized spacial score (nSPS) is 12.8. The lowest BCUT2D eigenvalue weighted by Crippen LogP contribution is -2.51. The van der Waals surface area contributed by atoms with E-state index in [0.717, 1.165) is 16.7 Å². The number of nitrogens with one attached hydrogen (secondary N) is 2. The van der Waals surface area contributed by atoms with E-state index in [1.54, 1.807) is 0 Å². The lowest BCUT2D eigenvalue weighted by atomic mass is 10.0. The molecule has 1 unspecified atom stereocenters. The van der Waals surface area contributed by atoms with Crippen LogP contribution in [0.3, 0.4) is 0 Å². The Morgan fingerprint density at radius 3 is 1.86 bits per heavy atom. The minimum absolute atomic E-state index is 0.0356. The predicted octanol–water partition coefficient (Wildman–Crippen LogP) is 3.92. The van der Waals surface area contributed by atoms with Crippen LogP contribution in [0.1, 0.15) is 29.5 Å². The predicted molar refractivity (Wildman–Crippen MR) is 141 cm³/mol. The van der Waals surface area contributed by atoms with Crippen LogP contribution in [0.5, 0.6) is 0 Å². The Bertz CT molecular complexity index is 1220. The summed E-state index contributed by atoms with van der Waals surface area (Å²) in [6, 6.07) is 26.6. The topological polar surface area (TPSA) is 122 Å². The summed E-state index contributed by atoms with van der Waals surface area (Å²) in [4.78, 5) is 25.9. The number of carbonyl (C=O) groups is 2. The quantitative estimate of drug-likeness (QED) is 0.292. The maximum absolute atomic E-state index is 13.3. The van der Waals surface area contributed by atoms with Crippen LogP contribution in [-0.4, -0.2) is 42.8 Å². The number of benzene rings is 3. The van der Waals surface area contributed by atoms with Gasteiger partial charge >= 0.3 is 6.09 Å². The Balaban J connectivity index is 1.68. The minimum atomic E-state index is -4.20. The number of hydrogen-bond acceptors (Lipinski definition) is 5. The molecule has 3 aromatic rings. The Labute approximate surface area is 217 Å². The van der Waals surface area contributed by atoms with Gasteiger partial charge in [0.1, 0.15) is 12.6 Å². The maximum Gasteiger partial charge on any atom is 0.408 e. The number of carbonyl (C=O) groups excluding carboxylic acids is 2. The van der Waals surface area contributed by atoms with Crippen molar-refractivity contribution in [2.75, 3.05) is 5.75 Å². The molecule has 0 aliphatic carbocycles. The van der Waals surface area contributed by atoms with Crippen LogP contribution in [0.4, 0.5) is 4.79 Å². The van der Waals surface area contributed by atoms with Gasteiger partial charge in [-0.1, -0.05) is 91.0 Å². The molecule has 0 bridgehead atoms. The molecule has 0 spiro atoms. The molecular weight excluding hydrogens is 492 g/mol. The van der Waals surface area contributed by atoms with E-state index >= 15 is 0 Å². The van der Waals surface area contributed by atoms with Gasteiger partial charge in [-0.15, -0.1) is 0 Å². The summed E-state index contributed by atoms with van der Waals surface area (Å²) in [5.41, 5.74) is 2.69. The van der Waals surface area contributed by atoms with E-state index in [1.807, 2.05) is 91.0 Å². The smallest absolute Gasteiger partial charge is 0.408 e. The highest BCUT2D eigenvalue weighted by molar-refractivity contribution is 7.85. The number of rotatable bonds is 13. The number of hydrogen-bond donors (Lipinski definition) is 3. The van der Waals surface area contributed by atoms with Crippen LogP contribution >= 0.6 is 0 Å². The third kappa shape index (κ3) is 10.8. The molecule has 0 aliphatic heterocycles. The first-order valence-corrected chi connectivity index (χ1v) is 13.7. The van der Waals surface area contributed by atoms with Gasteiger partial charge in [0.2, 0.25) is 5.91 Å². The molecule has 2 amide bonds. The van der Waals surface area contributed by atoms with Crippen molar-refractivity contribution in [1.82, 2.24) is 10.6 Å². The number of ether oxygens (including phenoxy) is 1. The fourth-order valence-electron chi connectivity index (χ4n) is 3.83. The molecule has 3 rings (SSSR count). The summed E-state index contributed by atoms with van der Waals surface area (Å²) >= 11 is 0. The summed E-state index contributed by atoms with van der Waals surface area (Å²) < 4.78 is 37.3. The molecule has 0 radical (unpaired) electrons. The van der Waals surface area contributed by atoms with Crippen LogP contribution in [0.25, 0.3) is 0 Å². The van der Waals surface area contributed by atoms with E-state index in [4.69, 9.17) is 4.74 Å². The average Bonchev–Trinajstić information content (AvgIpc) is 2.90. The van der Waals surface area contributed by atoms with Crippen LogP contribution in [0, 0.1) is 0 Å². The van der Waals surface area contributed by atoms with E-state index < -0.39 is 40.0 Å². The second kappa shape index (κ2) is 14.2. The van der Waals surface area contributed by atoms with Gasteiger partial charge in [0.15, 0.2) is 0 Å². The third-order valence-corrected chi connectivity index (χ3v) is 6.55. The van der Waals surface area contributed by atoms with Gasteiger partial charge in [0.25, 0.3) is 10.1 Å². The van der Waals surface area contributed by atoms with E-state index in [9.17, 15) is 22.6 Å². The van der Waals surface area contributed by atoms with Crippen molar-refractivity contribution < 1.29 is 27.3 Å². The number of aryl methyl sites for hydroxylation is 1. The molecule has 3 aromatic carbocycles. The maximum atomic E-state index is 13.3. The van der Waals surface area contributed by atoms with E-state index in [0.29, 0.717) is 12.8 Å². The lowest BCUT2D eigenvalue weighted by molar-refractivity contribution is -0.123. The molecular formula is C28H32N2O6S. The zero-order valence-electron chi connectivity index (χ0n) is 20.5. The van der Waals surface area contributed by atoms with Crippen molar-refractivity contribution >= 4 is 22.1 Å². The van der Waals surface area contributed by atoms with Crippen LogP contribution in [0.15, 0.2) is 91.0 Å². The molecule has 196 valence electrons. The van der Waals surface area contributed by atoms with E-state index in [1.165, 1.54) is 0 Å². The summed E-state index contributed by atoms with van der Waals surface area (Å²) in [5, 5.41) is 5.52. The molecule has 0 heterocycles. The van der Waals surface area contributed by atoms with Crippen molar-refractivity contribution in [3.05, 3.63) is 108 Å². The number of amides is 2. The van der Waals surface area contributed by atoms with Gasteiger partial charge in [0.05, 0.1) is 5.75 Å². The molecule has 9 heteroatoms. The van der Waals surface area contributed by atoms with Crippen molar-refractivity contribution in [1.29, 1.82) is 0 Å². The highest BCUT2D eigenvalue weighted by atomic mass is 32.2. The van der Waals surface area contributed by atoms with Crippen molar-refractivity contribution in [2.45, 2.75) is 44.4 Å². The standard InChI is InChI=1S/C28H32N2O6S/c31-27(29-25(18-19-37(33,34)35)17-16-22-10-4-1-5-11-22)26(20-23-12-6-2-7-13-23)30-28(32)36-21-24-14-8-3-9-15-24/h1-15,25-26H,16-21H2,(H,29,31)(H,30,32)(H,33,34,35)/t25?,26-/m0/s1. The molecule has 2 atom stereocenters. The average molecular weight is 525 g/mol. The second-order valence-electron chi connectivity index (χ2n) is 8.75. The lowest BCUT2D eigenvalue weighted by Gasteiger charge is -2.23. The first kappa shape index (κ1) is 27.9. The van der Waals surface area contributed by atoms with Gasteiger partial charge in [-0.05, 0) is 36.0 Å². The van der Waals surface area contributed by atoms with Crippen LogP contribution in [0.2, 0.25) is 0 Å². The highest BCUT2D eigenvalue weighted by Gasteiger charge is 2.25. The molecule has 37 heavy (non-hydrogen) atoms. The summed E-state index contributed by atoms with van der Waals surface area (Å²) in [5.74, 6) is -0.947. The fraction of sp³-hybridized carbons (Fsp3) is 0.286. The second-order valence-corrected chi connectivity index (χ2v) is 10.3. The zero-order valence-corrected chi connectivity index (χ0v) is 21.3. The molecule has 0 aliphatic rings. The Morgan fingerprint density at radius 1 is 0.757 bits per heavy atom. The van der Waals surface area contributed by atoms with Crippen LogP contribution in [-0.2, 0) is 39.1 Å². The van der Waals surface area contributed by atoms with Gasteiger partial charge in [-0.25, -0.2) is 4.79 Å². The first-order valence-electron chi connectivity index (χ1n) is 12.1. The van der Waals surface area contributed by atoms with Gasteiger partial charge in [0, 0.05) is 12.5 Å². The fourth-order valence-corrected chi connectivity index (χ4v) is 4.42. The van der Waals surface area contributed by atoms with E-state index in [2.05, 4.69) is 10.6 Å². The minimum Gasteiger partial charge on any atom is -0.445 e. The van der Waals surface area contributed by atoms with Gasteiger partial charge < -0.3 is 15.4 Å². The molecule has 0 aromatic heterocycles. The Morgan fingerprint density at radius 2 is 1.30 bits per heavy atom. The Kier molecular flexibility index (Phi) is 10.7. The first-order chi connectivity index (χ1) is 17.8. The monoisotopic (exact) mass is 524 g/mol. The third-order valence-electron chi connectivity index (χ3n) is 5.80. The SMILES string of the molecule is O=C(N[C@@H](Cc1ccccc1)C(=O)NC(CCc1ccccc1)CCS(=O)(=O)O)OCc1ccccc1. The molecule has 8 nitrogen and oxygen atoms in total. The Hall–Kier alpha value is -3.69. The summed E-state index contributed by atoms with van der Waals surface area (Å²) in [6.07, 6.45) is 0.582. The highest BCUT2D eigenvalue weighted by Crippen LogP contribution is 2.11. The molecule has 3 N–H and O–H groups in total. The van der Waals surface area contributed by atoms with Crippen molar-refractivity contribution in [3.63, 3.8) is 0 Å². The van der Waals surface area contributed by atoms with E-state index in [-0.39, 0.29) is 19.4 Å². The molecule has 0 saturated carbocycles. The molecule has 0 fully saturated rings.